The topological polar surface area (TPSA) is 40.6 Å². The molecule has 0 saturated heterocycles. The minimum absolute atomic E-state index is 0.0460. The average Bonchev–Trinajstić information content (AvgIpc) is 3.38. The van der Waals surface area contributed by atoms with Crippen LogP contribution in [0.15, 0.2) is 35.7 Å². The summed E-state index contributed by atoms with van der Waals surface area (Å²) in [5.74, 6) is 1.04. The number of hydrogen-bond donors (Lipinski definition) is 0. The van der Waals surface area contributed by atoms with E-state index in [2.05, 4.69) is 42.6 Å². The summed E-state index contributed by atoms with van der Waals surface area (Å²) in [5.41, 5.74) is 3.66. The van der Waals surface area contributed by atoms with E-state index in [1.54, 1.807) is 11.3 Å². The summed E-state index contributed by atoms with van der Waals surface area (Å²) >= 11 is 1.79. The fourth-order valence-corrected chi connectivity index (χ4v) is 5.73. The standard InChI is InChI=1S/C25H30N2O2S/c1-17-5-2-3-8-20(17)24-21-12-14-30-22(21)11-13-27(24)23(28)16-26(15-18-9-10-18)25(29)19-6-4-7-19/h2-3,5,8,12,14,18-19,24H,4,6-7,9-11,13,15-16H2,1H3/t24-/m0/s1. The Hall–Kier alpha value is -2.14. The van der Waals surface area contributed by atoms with Crippen LogP contribution in [-0.4, -0.2) is 41.2 Å². The zero-order valence-electron chi connectivity index (χ0n) is 17.7. The molecule has 2 fully saturated rings. The van der Waals surface area contributed by atoms with E-state index in [1.807, 2.05) is 9.80 Å². The summed E-state index contributed by atoms with van der Waals surface area (Å²) in [6.45, 7) is 3.83. The van der Waals surface area contributed by atoms with E-state index < -0.39 is 0 Å². The lowest BCUT2D eigenvalue weighted by Crippen LogP contribution is -2.49. The molecule has 2 aromatic rings. The Labute approximate surface area is 182 Å². The Bertz CT molecular complexity index is 944. The third kappa shape index (κ3) is 3.80. The first-order valence-electron chi connectivity index (χ1n) is 11.3. The number of fused-ring (bicyclic) bond motifs is 1. The second-order valence-electron chi connectivity index (χ2n) is 9.19. The summed E-state index contributed by atoms with van der Waals surface area (Å²) < 4.78 is 0. The van der Waals surface area contributed by atoms with Crippen LogP contribution in [0.2, 0.25) is 0 Å². The highest BCUT2D eigenvalue weighted by Gasteiger charge is 2.37. The first kappa shape index (κ1) is 19.8. The van der Waals surface area contributed by atoms with E-state index >= 15 is 0 Å². The van der Waals surface area contributed by atoms with E-state index in [-0.39, 0.29) is 30.3 Å². The number of carbonyl (C=O) groups excluding carboxylic acids is 2. The molecule has 3 aliphatic rings. The Kier molecular flexibility index (Phi) is 5.40. The molecule has 30 heavy (non-hydrogen) atoms. The highest BCUT2D eigenvalue weighted by molar-refractivity contribution is 7.10. The normalized spacial score (nSPS) is 21.1. The number of rotatable bonds is 6. The molecule has 4 nitrogen and oxygen atoms in total. The molecule has 5 rings (SSSR count). The van der Waals surface area contributed by atoms with Gasteiger partial charge in [0.15, 0.2) is 0 Å². The Morgan fingerprint density at radius 1 is 1.10 bits per heavy atom. The second-order valence-corrected chi connectivity index (χ2v) is 10.2. The fraction of sp³-hybridized carbons (Fsp3) is 0.520. The number of hydrogen-bond acceptors (Lipinski definition) is 3. The molecule has 0 N–H and O–H groups in total. The molecule has 1 aromatic carbocycles. The smallest absolute Gasteiger partial charge is 0.242 e. The minimum Gasteiger partial charge on any atom is -0.333 e. The molecule has 5 heteroatoms. The third-order valence-corrected chi connectivity index (χ3v) is 8.03. The number of thiophene rings is 1. The lowest BCUT2D eigenvalue weighted by atomic mass is 9.84. The van der Waals surface area contributed by atoms with Crippen molar-refractivity contribution >= 4 is 23.2 Å². The lowest BCUT2D eigenvalue weighted by molar-refractivity contribution is -0.145. The van der Waals surface area contributed by atoms with Crippen molar-refractivity contribution in [3.05, 3.63) is 57.3 Å². The molecule has 2 aliphatic carbocycles. The van der Waals surface area contributed by atoms with Gasteiger partial charge in [0.25, 0.3) is 0 Å². The predicted octanol–water partition coefficient (Wildman–Crippen LogP) is 4.57. The van der Waals surface area contributed by atoms with Crippen LogP contribution >= 0.6 is 11.3 Å². The minimum atomic E-state index is -0.0460. The second kappa shape index (κ2) is 8.18. The highest BCUT2D eigenvalue weighted by Crippen LogP contribution is 2.39. The number of nitrogens with zero attached hydrogens (tertiary/aromatic N) is 2. The molecule has 0 radical (unpaired) electrons. The SMILES string of the molecule is Cc1ccccc1[C@H]1c2ccsc2CCN1C(=O)CN(CC1CC1)C(=O)C1CCC1. The average molecular weight is 423 g/mol. The molecule has 0 bridgehead atoms. The first-order valence-corrected chi connectivity index (χ1v) is 12.2. The van der Waals surface area contributed by atoms with Gasteiger partial charge >= 0.3 is 0 Å². The summed E-state index contributed by atoms with van der Waals surface area (Å²) in [7, 11) is 0. The van der Waals surface area contributed by atoms with E-state index in [9.17, 15) is 9.59 Å². The van der Waals surface area contributed by atoms with Crippen molar-refractivity contribution in [2.75, 3.05) is 19.6 Å². The summed E-state index contributed by atoms with van der Waals surface area (Å²) in [4.78, 5) is 31.9. The number of amides is 2. The van der Waals surface area contributed by atoms with E-state index in [0.717, 1.165) is 38.8 Å². The Morgan fingerprint density at radius 3 is 2.60 bits per heavy atom. The van der Waals surface area contributed by atoms with Crippen LogP contribution in [0.25, 0.3) is 0 Å². The van der Waals surface area contributed by atoms with Crippen molar-refractivity contribution in [3.8, 4) is 0 Å². The molecular weight excluding hydrogens is 392 g/mol. The van der Waals surface area contributed by atoms with E-state index in [1.165, 1.54) is 34.4 Å². The van der Waals surface area contributed by atoms with Crippen molar-refractivity contribution in [1.29, 1.82) is 0 Å². The van der Waals surface area contributed by atoms with Crippen LogP contribution in [0, 0.1) is 18.8 Å². The van der Waals surface area contributed by atoms with Crippen molar-refractivity contribution in [3.63, 3.8) is 0 Å². The molecule has 0 spiro atoms. The van der Waals surface area contributed by atoms with Gasteiger partial charge in [0.1, 0.15) is 0 Å². The Morgan fingerprint density at radius 2 is 1.90 bits per heavy atom. The molecule has 0 unspecified atom stereocenters. The van der Waals surface area contributed by atoms with Gasteiger partial charge in [-0.05, 0) is 73.1 Å². The van der Waals surface area contributed by atoms with Gasteiger partial charge < -0.3 is 9.80 Å². The highest BCUT2D eigenvalue weighted by atomic mass is 32.1. The molecule has 1 aliphatic heterocycles. The van der Waals surface area contributed by atoms with Crippen molar-refractivity contribution in [1.82, 2.24) is 9.80 Å². The van der Waals surface area contributed by atoms with Crippen LogP contribution in [0.4, 0.5) is 0 Å². The summed E-state index contributed by atoms with van der Waals surface area (Å²) in [6.07, 6.45) is 6.40. The Balaban J connectivity index is 1.41. The van der Waals surface area contributed by atoms with Gasteiger partial charge in [-0.1, -0.05) is 30.7 Å². The summed E-state index contributed by atoms with van der Waals surface area (Å²) in [6, 6.07) is 10.5. The maximum Gasteiger partial charge on any atom is 0.242 e. The number of benzene rings is 1. The van der Waals surface area contributed by atoms with Gasteiger partial charge in [0.2, 0.25) is 11.8 Å². The monoisotopic (exact) mass is 422 g/mol. The van der Waals surface area contributed by atoms with Gasteiger partial charge in [-0.3, -0.25) is 9.59 Å². The number of carbonyl (C=O) groups is 2. The fourth-order valence-electron chi connectivity index (χ4n) is 4.83. The zero-order chi connectivity index (χ0) is 20.7. The van der Waals surface area contributed by atoms with Crippen molar-refractivity contribution in [2.24, 2.45) is 11.8 Å². The maximum atomic E-state index is 13.6. The van der Waals surface area contributed by atoms with E-state index in [4.69, 9.17) is 0 Å². The van der Waals surface area contributed by atoms with Crippen LogP contribution in [0.1, 0.15) is 59.7 Å². The van der Waals surface area contributed by atoms with Gasteiger partial charge in [-0.25, -0.2) is 0 Å². The van der Waals surface area contributed by atoms with E-state index in [0.29, 0.717) is 5.92 Å². The molecule has 2 heterocycles. The van der Waals surface area contributed by atoms with Gasteiger partial charge in [0.05, 0.1) is 12.6 Å². The first-order chi connectivity index (χ1) is 14.6. The quantitative estimate of drug-likeness (QED) is 0.684. The van der Waals surface area contributed by atoms with Gasteiger partial charge in [0, 0.05) is 23.9 Å². The lowest BCUT2D eigenvalue weighted by Gasteiger charge is -2.39. The van der Waals surface area contributed by atoms with Crippen LogP contribution in [0.3, 0.4) is 0 Å². The van der Waals surface area contributed by atoms with Crippen molar-refractivity contribution < 1.29 is 9.59 Å². The molecule has 1 atom stereocenters. The van der Waals surface area contributed by atoms with Crippen LogP contribution in [-0.2, 0) is 16.0 Å². The molecular formula is C25H30N2O2S. The molecule has 2 saturated carbocycles. The number of aryl methyl sites for hydroxylation is 1. The van der Waals surface area contributed by atoms with Gasteiger partial charge in [-0.2, -0.15) is 0 Å². The van der Waals surface area contributed by atoms with Gasteiger partial charge in [-0.15, -0.1) is 11.3 Å². The predicted molar refractivity (Wildman–Crippen MR) is 119 cm³/mol. The maximum absolute atomic E-state index is 13.6. The largest absolute Gasteiger partial charge is 0.333 e. The van der Waals surface area contributed by atoms with Crippen LogP contribution < -0.4 is 0 Å². The molecule has 2 amide bonds. The molecule has 158 valence electrons. The zero-order valence-corrected chi connectivity index (χ0v) is 18.5. The molecule has 1 aromatic heterocycles. The summed E-state index contributed by atoms with van der Waals surface area (Å²) in [5, 5.41) is 2.14. The third-order valence-electron chi connectivity index (χ3n) is 7.04. The van der Waals surface area contributed by atoms with Crippen LogP contribution in [0.5, 0.6) is 0 Å². The van der Waals surface area contributed by atoms with Crippen molar-refractivity contribution in [2.45, 2.75) is 51.5 Å².